The molecule has 1 aliphatic rings. The van der Waals surface area contributed by atoms with E-state index >= 15 is 0 Å². The third kappa shape index (κ3) is 1.57. The van der Waals surface area contributed by atoms with Gasteiger partial charge in [-0.2, -0.15) is 0 Å². The van der Waals surface area contributed by atoms with E-state index in [1.54, 1.807) is 12.3 Å². The van der Waals surface area contributed by atoms with Crippen molar-refractivity contribution >= 4 is 17.0 Å². The first-order valence-electron chi connectivity index (χ1n) is 2.60. The van der Waals surface area contributed by atoms with Gasteiger partial charge in [0.25, 0.3) is 0 Å². The number of halogens is 1. The zero-order chi connectivity index (χ0) is 6.69. The van der Waals surface area contributed by atoms with E-state index in [4.69, 9.17) is 11.6 Å². The molecule has 0 N–H and O–H groups in total. The van der Waals surface area contributed by atoms with Crippen LogP contribution in [0.2, 0.25) is 0 Å². The van der Waals surface area contributed by atoms with Gasteiger partial charge < -0.3 is 4.90 Å². The first kappa shape index (κ1) is 6.36. The van der Waals surface area contributed by atoms with Gasteiger partial charge in [-0.25, -0.2) is 0 Å². The molecule has 9 heavy (non-hydrogen) atoms. The molecule has 0 aromatic heterocycles. The highest BCUT2D eigenvalue weighted by Gasteiger charge is 2.04. The predicted molar refractivity (Wildman–Crippen MR) is 36.2 cm³/mol. The molecule has 0 unspecified atom stereocenters. The topological polar surface area (TPSA) is 20.3 Å². The highest BCUT2D eigenvalue weighted by molar-refractivity contribution is 6.63. The highest BCUT2D eigenvalue weighted by atomic mass is 35.5. The van der Waals surface area contributed by atoms with E-state index in [0.29, 0.717) is 6.54 Å². The molecule has 48 valence electrons. The second-order valence-electron chi connectivity index (χ2n) is 1.67. The van der Waals surface area contributed by atoms with Crippen molar-refractivity contribution in [2.75, 3.05) is 6.54 Å². The first-order valence-corrected chi connectivity index (χ1v) is 2.98. The standard InChI is InChI=1S/C6H6ClNO/c7-6(9)8-4-2-1-3-5-8/h1-4H,5H2. The van der Waals surface area contributed by atoms with Crippen LogP contribution in [-0.4, -0.2) is 16.8 Å². The zero-order valence-electron chi connectivity index (χ0n) is 4.75. The van der Waals surface area contributed by atoms with Crippen molar-refractivity contribution in [3.63, 3.8) is 0 Å². The molecule has 1 heterocycles. The molecule has 2 nitrogen and oxygen atoms in total. The molecule has 0 radical (unpaired) electrons. The maximum atomic E-state index is 10.4. The van der Waals surface area contributed by atoms with Crippen molar-refractivity contribution in [1.29, 1.82) is 0 Å². The Balaban J connectivity index is 2.56. The SMILES string of the molecule is O=C(Cl)N1C=CC=CC1. The molecule has 0 atom stereocenters. The van der Waals surface area contributed by atoms with Gasteiger partial charge in [-0.15, -0.1) is 0 Å². The number of carbonyl (C=O) groups is 1. The Labute approximate surface area is 58.4 Å². The quantitative estimate of drug-likeness (QED) is 0.374. The molecule has 1 rings (SSSR count). The van der Waals surface area contributed by atoms with Crippen molar-refractivity contribution in [1.82, 2.24) is 4.90 Å². The van der Waals surface area contributed by atoms with Gasteiger partial charge in [0.15, 0.2) is 0 Å². The largest absolute Gasteiger partial charge is 0.320 e. The van der Waals surface area contributed by atoms with Crippen LogP contribution in [0.15, 0.2) is 24.4 Å². The van der Waals surface area contributed by atoms with Gasteiger partial charge in [0.2, 0.25) is 0 Å². The number of hydrogen-bond acceptors (Lipinski definition) is 1. The molecule has 0 aromatic carbocycles. The second-order valence-corrected chi connectivity index (χ2v) is 2.00. The summed E-state index contributed by atoms with van der Waals surface area (Å²) in [4.78, 5) is 11.8. The lowest BCUT2D eigenvalue weighted by Crippen LogP contribution is -2.20. The minimum absolute atomic E-state index is 0.435. The molecule has 0 fully saturated rings. The molecule has 0 aliphatic carbocycles. The number of hydrogen-bond donors (Lipinski definition) is 0. The summed E-state index contributed by atoms with van der Waals surface area (Å²) in [5.41, 5.74) is 0. The van der Waals surface area contributed by atoms with E-state index in [9.17, 15) is 4.79 Å². The molecule has 3 heteroatoms. The van der Waals surface area contributed by atoms with Crippen LogP contribution in [0.1, 0.15) is 0 Å². The Bertz CT molecular complexity index is 174. The lowest BCUT2D eigenvalue weighted by atomic mass is 10.4. The maximum absolute atomic E-state index is 10.4. The Kier molecular flexibility index (Phi) is 1.90. The molecule has 0 saturated carbocycles. The van der Waals surface area contributed by atoms with Crippen LogP contribution in [-0.2, 0) is 0 Å². The summed E-state index contributed by atoms with van der Waals surface area (Å²) >= 11 is 5.16. The summed E-state index contributed by atoms with van der Waals surface area (Å²) in [6.45, 7) is 0.582. The van der Waals surface area contributed by atoms with E-state index in [-0.39, 0.29) is 0 Å². The lowest BCUT2D eigenvalue weighted by molar-refractivity contribution is 0.241. The first-order chi connectivity index (χ1) is 4.30. The molecule has 0 saturated heterocycles. The van der Waals surface area contributed by atoms with Gasteiger partial charge in [0, 0.05) is 12.7 Å². The number of allylic oxidation sites excluding steroid dienone is 2. The number of rotatable bonds is 0. The van der Waals surface area contributed by atoms with Crippen LogP contribution >= 0.6 is 11.6 Å². The van der Waals surface area contributed by atoms with Crippen molar-refractivity contribution in [3.05, 3.63) is 24.4 Å². The van der Waals surface area contributed by atoms with E-state index in [1.165, 1.54) is 4.90 Å². The number of amides is 1. The summed E-state index contributed by atoms with van der Waals surface area (Å²) in [5.74, 6) is 0. The van der Waals surface area contributed by atoms with Gasteiger partial charge in [-0.3, -0.25) is 4.79 Å². The van der Waals surface area contributed by atoms with Crippen LogP contribution in [0.5, 0.6) is 0 Å². The molecule has 1 aliphatic heterocycles. The Hall–Kier alpha value is -0.760. The van der Waals surface area contributed by atoms with Gasteiger partial charge in [0.1, 0.15) is 0 Å². The summed E-state index contributed by atoms with van der Waals surface area (Å²) in [6.07, 6.45) is 7.15. The average Bonchev–Trinajstić information content (AvgIpc) is 1.90. The molecule has 0 spiro atoms. The normalized spacial score (nSPS) is 16.3. The Morgan fingerprint density at radius 1 is 1.56 bits per heavy atom. The van der Waals surface area contributed by atoms with E-state index in [2.05, 4.69) is 0 Å². The van der Waals surface area contributed by atoms with Crippen molar-refractivity contribution < 1.29 is 4.79 Å². The van der Waals surface area contributed by atoms with Crippen molar-refractivity contribution in [2.45, 2.75) is 0 Å². The van der Waals surface area contributed by atoms with Crippen LogP contribution in [0, 0.1) is 0 Å². The predicted octanol–water partition coefficient (Wildman–Crippen LogP) is 1.73. The Morgan fingerprint density at radius 2 is 2.33 bits per heavy atom. The van der Waals surface area contributed by atoms with Gasteiger partial charge in [-0.1, -0.05) is 12.2 Å². The maximum Gasteiger partial charge on any atom is 0.320 e. The van der Waals surface area contributed by atoms with Gasteiger partial charge in [0.05, 0.1) is 0 Å². The van der Waals surface area contributed by atoms with E-state index in [0.717, 1.165) is 0 Å². The molecule has 0 aromatic rings. The lowest BCUT2D eigenvalue weighted by Gasteiger charge is -2.13. The summed E-state index contributed by atoms with van der Waals surface area (Å²) in [7, 11) is 0. The molecular weight excluding hydrogens is 138 g/mol. The van der Waals surface area contributed by atoms with E-state index in [1.807, 2.05) is 12.2 Å². The van der Waals surface area contributed by atoms with Crippen LogP contribution in [0.3, 0.4) is 0 Å². The van der Waals surface area contributed by atoms with Crippen LogP contribution < -0.4 is 0 Å². The average molecular weight is 144 g/mol. The molecular formula is C6H6ClNO. The van der Waals surface area contributed by atoms with E-state index < -0.39 is 5.37 Å². The number of nitrogens with zero attached hydrogens (tertiary/aromatic N) is 1. The fourth-order valence-electron chi connectivity index (χ4n) is 0.598. The Morgan fingerprint density at radius 3 is 2.67 bits per heavy atom. The summed E-state index contributed by atoms with van der Waals surface area (Å²) in [5, 5.41) is -0.435. The minimum atomic E-state index is -0.435. The third-order valence-corrected chi connectivity index (χ3v) is 1.26. The van der Waals surface area contributed by atoms with Crippen LogP contribution in [0.25, 0.3) is 0 Å². The molecule has 0 bridgehead atoms. The number of carbonyl (C=O) groups excluding carboxylic acids is 1. The smallest absolute Gasteiger partial charge is 0.302 e. The fraction of sp³-hybridized carbons (Fsp3) is 0.167. The van der Waals surface area contributed by atoms with Gasteiger partial charge in [-0.05, 0) is 17.7 Å². The monoisotopic (exact) mass is 143 g/mol. The van der Waals surface area contributed by atoms with Crippen molar-refractivity contribution in [3.8, 4) is 0 Å². The van der Waals surface area contributed by atoms with Crippen molar-refractivity contribution in [2.24, 2.45) is 0 Å². The van der Waals surface area contributed by atoms with Gasteiger partial charge >= 0.3 is 5.37 Å². The highest BCUT2D eigenvalue weighted by Crippen LogP contribution is 2.01. The summed E-state index contributed by atoms with van der Waals surface area (Å²) < 4.78 is 0. The zero-order valence-corrected chi connectivity index (χ0v) is 5.51. The summed E-state index contributed by atoms with van der Waals surface area (Å²) in [6, 6.07) is 0. The fourth-order valence-corrected chi connectivity index (χ4v) is 0.723. The van der Waals surface area contributed by atoms with Crippen LogP contribution in [0.4, 0.5) is 4.79 Å². The second kappa shape index (κ2) is 2.69. The third-order valence-electron chi connectivity index (χ3n) is 1.04. The minimum Gasteiger partial charge on any atom is -0.302 e. The molecule has 1 amide bonds.